The van der Waals surface area contributed by atoms with E-state index in [1.54, 1.807) is 6.92 Å². The lowest BCUT2D eigenvalue weighted by atomic mass is 9.85. The van der Waals surface area contributed by atoms with Crippen molar-refractivity contribution in [1.82, 2.24) is 15.4 Å². The van der Waals surface area contributed by atoms with E-state index in [4.69, 9.17) is 21.2 Å². The van der Waals surface area contributed by atoms with Gasteiger partial charge in [-0.15, -0.1) is 0 Å². The van der Waals surface area contributed by atoms with Crippen LogP contribution in [0.25, 0.3) is 0 Å². The topological polar surface area (TPSA) is 95.7 Å². The summed E-state index contributed by atoms with van der Waals surface area (Å²) >= 11 is 5.90. The number of carbonyl (C=O) groups is 2. The molecule has 0 radical (unpaired) electrons. The third-order valence-electron chi connectivity index (χ3n) is 5.06. The fraction of sp³-hybridized carbons (Fsp3) is 0.706. The van der Waals surface area contributed by atoms with Crippen molar-refractivity contribution in [3.63, 3.8) is 0 Å². The van der Waals surface area contributed by atoms with Gasteiger partial charge in [0.15, 0.2) is 0 Å². The van der Waals surface area contributed by atoms with Crippen LogP contribution in [0.1, 0.15) is 43.4 Å². The first-order valence-electron chi connectivity index (χ1n) is 8.78. The molecule has 0 aliphatic heterocycles. The number of aliphatic carboxylic acids is 1. The van der Waals surface area contributed by atoms with Crippen molar-refractivity contribution in [3.8, 4) is 0 Å². The summed E-state index contributed by atoms with van der Waals surface area (Å²) < 4.78 is 4.88. The quantitative estimate of drug-likeness (QED) is 0.691. The second kappa shape index (κ2) is 7.74. The number of amides is 1. The molecule has 8 heteroatoms. The van der Waals surface area contributed by atoms with E-state index in [9.17, 15) is 9.59 Å². The van der Waals surface area contributed by atoms with Gasteiger partial charge in [0.1, 0.15) is 0 Å². The molecule has 0 unspecified atom stereocenters. The Morgan fingerprint density at radius 3 is 2.68 bits per heavy atom. The van der Waals surface area contributed by atoms with E-state index in [0.717, 1.165) is 24.9 Å². The summed E-state index contributed by atoms with van der Waals surface area (Å²) in [7, 11) is 0. The summed E-state index contributed by atoms with van der Waals surface area (Å²) in [5.41, 5.74) is 1.49. The van der Waals surface area contributed by atoms with E-state index in [1.165, 1.54) is 12.8 Å². The third kappa shape index (κ3) is 4.95. The van der Waals surface area contributed by atoms with Gasteiger partial charge in [0, 0.05) is 30.6 Å². The molecule has 25 heavy (non-hydrogen) atoms. The summed E-state index contributed by atoms with van der Waals surface area (Å²) in [6, 6.07) is 0.392. The van der Waals surface area contributed by atoms with Crippen molar-refractivity contribution in [3.05, 3.63) is 16.5 Å². The van der Waals surface area contributed by atoms with Gasteiger partial charge in [-0.2, -0.15) is 0 Å². The van der Waals surface area contributed by atoms with Crippen LogP contribution in [0, 0.1) is 12.8 Å². The lowest BCUT2D eigenvalue weighted by molar-refractivity contribution is -0.140. The highest BCUT2D eigenvalue weighted by Gasteiger charge is 2.37. The molecule has 3 rings (SSSR count). The first-order valence-corrected chi connectivity index (χ1v) is 9.16. The van der Waals surface area contributed by atoms with Gasteiger partial charge in [0.05, 0.1) is 12.2 Å². The molecule has 1 aromatic heterocycles. The van der Waals surface area contributed by atoms with Gasteiger partial charge < -0.3 is 14.9 Å². The van der Waals surface area contributed by atoms with Gasteiger partial charge in [0.2, 0.25) is 11.1 Å². The normalized spacial score (nSPS) is 22.7. The Morgan fingerprint density at radius 1 is 1.40 bits per heavy atom. The van der Waals surface area contributed by atoms with Crippen LogP contribution in [0.15, 0.2) is 4.52 Å². The SMILES string of the molecule is Cc1noc(Cl)c1CCC(=O)NC1CC(N(CC(=O)O)CC2CC2)C1. The molecule has 0 saturated heterocycles. The fourth-order valence-corrected chi connectivity index (χ4v) is 3.60. The lowest BCUT2D eigenvalue weighted by Gasteiger charge is -2.42. The van der Waals surface area contributed by atoms with Crippen LogP contribution in [0.5, 0.6) is 0 Å². The van der Waals surface area contributed by atoms with E-state index < -0.39 is 5.97 Å². The Bertz CT molecular complexity index is 618. The zero-order valence-corrected chi connectivity index (χ0v) is 15.1. The summed E-state index contributed by atoms with van der Waals surface area (Å²) in [4.78, 5) is 25.2. The molecule has 0 aromatic carbocycles. The van der Waals surface area contributed by atoms with E-state index >= 15 is 0 Å². The number of rotatable bonds is 9. The van der Waals surface area contributed by atoms with Crippen molar-refractivity contribution >= 4 is 23.5 Å². The van der Waals surface area contributed by atoms with E-state index in [0.29, 0.717) is 24.5 Å². The Kier molecular flexibility index (Phi) is 5.64. The average Bonchev–Trinajstić information content (AvgIpc) is 3.25. The second-order valence-electron chi connectivity index (χ2n) is 7.18. The zero-order valence-electron chi connectivity index (χ0n) is 14.3. The molecule has 138 valence electrons. The molecule has 0 atom stereocenters. The number of aromatic nitrogens is 1. The predicted octanol–water partition coefficient (Wildman–Crippen LogP) is 2.01. The van der Waals surface area contributed by atoms with E-state index in [1.807, 2.05) is 0 Å². The van der Waals surface area contributed by atoms with Crippen LogP contribution in [-0.4, -0.2) is 52.2 Å². The van der Waals surface area contributed by atoms with Crippen molar-refractivity contribution in [2.75, 3.05) is 13.1 Å². The molecule has 0 spiro atoms. The standard InChI is InChI=1S/C17H24ClN3O4/c1-10-14(17(18)25-20-10)4-5-15(22)19-12-6-13(7-12)21(9-16(23)24)8-11-2-3-11/h11-13H,2-9H2,1H3,(H,19,22)(H,23,24). The maximum atomic E-state index is 12.1. The molecule has 2 aliphatic rings. The molecule has 1 amide bonds. The number of hydrogen-bond donors (Lipinski definition) is 2. The average molecular weight is 370 g/mol. The van der Waals surface area contributed by atoms with Gasteiger partial charge in [-0.25, -0.2) is 0 Å². The monoisotopic (exact) mass is 369 g/mol. The highest BCUT2D eigenvalue weighted by Crippen LogP contribution is 2.33. The van der Waals surface area contributed by atoms with Gasteiger partial charge in [-0.05, 0) is 56.5 Å². The summed E-state index contributed by atoms with van der Waals surface area (Å²) in [6.45, 7) is 2.76. The van der Waals surface area contributed by atoms with Crippen LogP contribution in [-0.2, 0) is 16.0 Å². The molecule has 1 heterocycles. The van der Waals surface area contributed by atoms with Crippen LogP contribution in [0.3, 0.4) is 0 Å². The highest BCUT2D eigenvalue weighted by atomic mass is 35.5. The number of carbonyl (C=O) groups excluding carboxylic acids is 1. The summed E-state index contributed by atoms with van der Waals surface area (Å²) in [5, 5.41) is 16.1. The number of hydrogen-bond acceptors (Lipinski definition) is 5. The minimum Gasteiger partial charge on any atom is -0.480 e. The number of carboxylic acids is 1. The molecular weight excluding hydrogens is 346 g/mol. The molecule has 2 N–H and O–H groups in total. The first kappa shape index (κ1) is 18.2. The van der Waals surface area contributed by atoms with Crippen LogP contribution < -0.4 is 5.32 Å². The largest absolute Gasteiger partial charge is 0.480 e. The van der Waals surface area contributed by atoms with Crippen LogP contribution in [0.2, 0.25) is 5.22 Å². The maximum absolute atomic E-state index is 12.1. The first-order chi connectivity index (χ1) is 11.9. The Balaban J connectivity index is 1.39. The van der Waals surface area contributed by atoms with Crippen LogP contribution in [0.4, 0.5) is 0 Å². The second-order valence-corrected chi connectivity index (χ2v) is 7.52. The van der Waals surface area contributed by atoms with Crippen molar-refractivity contribution in [2.24, 2.45) is 5.92 Å². The number of nitrogens with zero attached hydrogens (tertiary/aromatic N) is 2. The number of aryl methyl sites for hydroxylation is 1. The predicted molar refractivity (Wildman–Crippen MR) is 91.5 cm³/mol. The van der Waals surface area contributed by atoms with E-state index in [2.05, 4.69) is 15.4 Å². The molecular formula is C17H24ClN3O4. The molecule has 0 bridgehead atoms. The summed E-state index contributed by atoms with van der Waals surface area (Å²) in [5.74, 6) is -0.147. The molecule has 2 saturated carbocycles. The van der Waals surface area contributed by atoms with Crippen LogP contribution >= 0.6 is 11.6 Å². The van der Waals surface area contributed by atoms with E-state index in [-0.39, 0.29) is 29.8 Å². The van der Waals surface area contributed by atoms with Gasteiger partial charge >= 0.3 is 5.97 Å². The maximum Gasteiger partial charge on any atom is 0.317 e. The minimum absolute atomic E-state index is 0.0212. The molecule has 1 aromatic rings. The fourth-order valence-electron chi connectivity index (χ4n) is 3.33. The highest BCUT2D eigenvalue weighted by molar-refractivity contribution is 6.29. The van der Waals surface area contributed by atoms with Crippen molar-refractivity contribution in [1.29, 1.82) is 0 Å². The third-order valence-corrected chi connectivity index (χ3v) is 5.36. The Morgan fingerprint density at radius 2 is 2.12 bits per heavy atom. The number of nitrogens with one attached hydrogen (secondary N) is 1. The Labute approximate surface area is 151 Å². The minimum atomic E-state index is -0.783. The zero-order chi connectivity index (χ0) is 18.0. The van der Waals surface area contributed by atoms with Gasteiger partial charge in [0.25, 0.3) is 0 Å². The molecule has 2 aliphatic carbocycles. The molecule has 7 nitrogen and oxygen atoms in total. The van der Waals surface area contributed by atoms with Gasteiger partial charge in [-0.3, -0.25) is 14.5 Å². The Hall–Kier alpha value is -1.60. The smallest absolute Gasteiger partial charge is 0.317 e. The van der Waals surface area contributed by atoms with Crippen molar-refractivity contribution in [2.45, 2.75) is 57.5 Å². The molecule has 2 fully saturated rings. The summed E-state index contributed by atoms with van der Waals surface area (Å²) in [6.07, 6.45) is 4.88. The number of carboxylic acid groups (broad SMARTS) is 1. The lowest BCUT2D eigenvalue weighted by Crippen LogP contribution is -2.55. The number of halogens is 1. The van der Waals surface area contributed by atoms with Crippen molar-refractivity contribution < 1.29 is 19.2 Å². The van der Waals surface area contributed by atoms with Gasteiger partial charge in [-0.1, -0.05) is 5.16 Å².